The number of fused-ring (bicyclic) bond motifs is 5. The molecular weight excluding hydrogens is 314 g/mol. The van der Waals surface area contributed by atoms with E-state index in [0.717, 1.165) is 37.7 Å². The third-order valence-electron chi connectivity index (χ3n) is 7.77. The lowest BCUT2D eigenvalue weighted by Gasteiger charge is -2.53. The number of hydrogen-bond donors (Lipinski definition) is 3. The van der Waals surface area contributed by atoms with E-state index in [1.54, 1.807) is 6.08 Å². The Morgan fingerprint density at radius 2 is 2.04 bits per heavy atom. The molecule has 0 radical (unpaired) electrons. The summed E-state index contributed by atoms with van der Waals surface area (Å²) in [6, 6.07) is 0.252. The lowest BCUT2D eigenvalue weighted by atomic mass is 9.50. The molecule has 0 aromatic heterocycles. The van der Waals surface area contributed by atoms with Gasteiger partial charge in [0.2, 0.25) is 0 Å². The van der Waals surface area contributed by atoms with Gasteiger partial charge >= 0.3 is 0 Å². The number of aliphatic hydroxyl groups excluding tert-OH is 2. The Morgan fingerprint density at radius 1 is 1.28 bits per heavy atom. The van der Waals surface area contributed by atoms with Gasteiger partial charge in [-0.2, -0.15) is 0 Å². The van der Waals surface area contributed by atoms with E-state index in [1.165, 1.54) is 5.57 Å². The van der Waals surface area contributed by atoms with Crippen LogP contribution in [0.5, 0.6) is 0 Å². The zero-order chi connectivity index (χ0) is 18.0. The first-order valence-corrected chi connectivity index (χ1v) is 9.54. The number of rotatable bonds is 2. The van der Waals surface area contributed by atoms with E-state index in [9.17, 15) is 15.0 Å². The molecule has 4 aliphatic carbocycles. The van der Waals surface area contributed by atoms with Gasteiger partial charge in [-0.3, -0.25) is 4.79 Å². The monoisotopic (exact) mass is 343 g/mol. The average Bonchev–Trinajstić information content (AvgIpc) is 2.89. The molecule has 4 aliphatic rings. The van der Waals surface area contributed by atoms with Crippen molar-refractivity contribution in [3.63, 3.8) is 0 Å². The quantitative estimate of drug-likeness (QED) is 0.672. The summed E-state index contributed by atoms with van der Waals surface area (Å²) in [7, 11) is 0. The molecule has 0 heterocycles. The number of allylic oxidation sites excluding steroid dienone is 3. The van der Waals surface area contributed by atoms with Crippen molar-refractivity contribution in [3.05, 3.63) is 34.9 Å². The van der Waals surface area contributed by atoms with Gasteiger partial charge in [0.05, 0.1) is 6.10 Å². The Labute approximate surface area is 149 Å². The van der Waals surface area contributed by atoms with Crippen LogP contribution in [-0.2, 0) is 4.79 Å². The number of Topliss-reactive ketones (excluding diaryl/α,β-unsaturated/α-hetero) is 1. The van der Waals surface area contributed by atoms with Crippen molar-refractivity contribution in [2.24, 2.45) is 28.4 Å². The fourth-order valence-electron chi connectivity index (χ4n) is 6.26. The summed E-state index contributed by atoms with van der Waals surface area (Å²) < 4.78 is 0. The molecule has 0 saturated heterocycles. The average molecular weight is 343 g/mol. The van der Waals surface area contributed by atoms with E-state index in [4.69, 9.17) is 5.73 Å². The summed E-state index contributed by atoms with van der Waals surface area (Å²) in [5, 5.41) is 19.6. The molecule has 136 valence electrons. The molecule has 0 aromatic rings. The molecule has 4 nitrogen and oxygen atoms in total. The minimum absolute atomic E-state index is 0.158. The molecule has 4 rings (SSSR count). The molecule has 2 fully saturated rings. The van der Waals surface area contributed by atoms with Crippen LogP contribution in [0.15, 0.2) is 34.9 Å². The van der Waals surface area contributed by atoms with Crippen molar-refractivity contribution < 1.29 is 15.0 Å². The molecule has 0 spiro atoms. The first-order valence-electron chi connectivity index (χ1n) is 9.54. The highest BCUT2D eigenvalue weighted by molar-refractivity contribution is 5.99. The molecule has 0 aliphatic heterocycles. The topological polar surface area (TPSA) is 83.5 Å². The summed E-state index contributed by atoms with van der Waals surface area (Å²) in [5.74, 6) is 0.739. The fraction of sp³-hybridized carbons (Fsp3) is 0.667. The highest BCUT2D eigenvalue weighted by Gasteiger charge is 2.56. The van der Waals surface area contributed by atoms with Gasteiger partial charge in [-0.05, 0) is 62.4 Å². The SMILES string of the molecule is C[C@@]12C(=CC(O)C=C1C(=O)CO)CC[C@@H]1C2=CC[C@]2(C)C(N)CC[C@@H]12. The summed E-state index contributed by atoms with van der Waals surface area (Å²) in [6.07, 6.45) is 10.3. The number of carbonyl (C=O) groups is 1. The van der Waals surface area contributed by atoms with Gasteiger partial charge in [0.25, 0.3) is 0 Å². The molecule has 4 heteroatoms. The van der Waals surface area contributed by atoms with Crippen molar-refractivity contribution in [2.75, 3.05) is 6.61 Å². The predicted octanol–water partition coefficient (Wildman–Crippen LogP) is 2.27. The molecule has 2 unspecified atom stereocenters. The number of aliphatic hydroxyl groups is 2. The first-order chi connectivity index (χ1) is 11.8. The second-order valence-electron chi connectivity index (χ2n) is 8.77. The van der Waals surface area contributed by atoms with Crippen LogP contribution < -0.4 is 5.73 Å². The van der Waals surface area contributed by atoms with Crippen LogP contribution in [0, 0.1) is 22.7 Å². The molecule has 0 amide bonds. The highest BCUT2D eigenvalue weighted by atomic mass is 16.3. The Morgan fingerprint density at radius 3 is 2.76 bits per heavy atom. The Hall–Kier alpha value is -1.23. The van der Waals surface area contributed by atoms with Crippen LogP contribution in [0.4, 0.5) is 0 Å². The number of nitrogens with two attached hydrogens (primary N) is 1. The fourth-order valence-corrected chi connectivity index (χ4v) is 6.26. The first kappa shape index (κ1) is 17.2. The van der Waals surface area contributed by atoms with Crippen LogP contribution >= 0.6 is 0 Å². The largest absolute Gasteiger partial charge is 0.388 e. The summed E-state index contributed by atoms with van der Waals surface area (Å²) >= 11 is 0. The Balaban J connectivity index is 1.82. The molecule has 4 N–H and O–H groups in total. The minimum Gasteiger partial charge on any atom is -0.388 e. The maximum Gasteiger partial charge on any atom is 0.185 e. The second kappa shape index (κ2) is 5.63. The van der Waals surface area contributed by atoms with Crippen molar-refractivity contribution in [1.29, 1.82) is 0 Å². The lowest BCUT2D eigenvalue weighted by Crippen LogP contribution is -2.48. The summed E-state index contributed by atoms with van der Waals surface area (Å²) in [6.45, 7) is 3.93. The van der Waals surface area contributed by atoms with Crippen LogP contribution in [0.3, 0.4) is 0 Å². The van der Waals surface area contributed by atoms with E-state index in [2.05, 4.69) is 19.9 Å². The van der Waals surface area contributed by atoms with E-state index in [0.29, 0.717) is 17.4 Å². The third-order valence-corrected chi connectivity index (χ3v) is 7.77. The van der Waals surface area contributed by atoms with Crippen LogP contribution in [0.2, 0.25) is 0 Å². The molecule has 2 saturated carbocycles. The zero-order valence-electron chi connectivity index (χ0n) is 15.2. The van der Waals surface area contributed by atoms with E-state index in [1.807, 2.05) is 6.08 Å². The third kappa shape index (κ3) is 2.20. The predicted molar refractivity (Wildman–Crippen MR) is 96.6 cm³/mol. The number of hydrogen-bond acceptors (Lipinski definition) is 4. The van der Waals surface area contributed by atoms with Gasteiger partial charge in [-0.1, -0.05) is 30.2 Å². The van der Waals surface area contributed by atoms with E-state index in [-0.39, 0.29) is 17.2 Å². The zero-order valence-corrected chi connectivity index (χ0v) is 15.2. The Kier molecular flexibility index (Phi) is 3.87. The molecule has 6 atom stereocenters. The Bertz CT molecular complexity index is 706. The second-order valence-corrected chi connectivity index (χ2v) is 8.77. The van der Waals surface area contributed by atoms with Gasteiger partial charge in [0.15, 0.2) is 5.78 Å². The normalized spacial score (nSPS) is 45.6. The van der Waals surface area contributed by atoms with Crippen molar-refractivity contribution in [2.45, 2.75) is 58.1 Å². The van der Waals surface area contributed by atoms with Crippen molar-refractivity contribution >= 4 is 5.78 Å². The maximum atomic E-state index is 12.5. The summed E-state index contributed by atoms with van der Waals surface area (Å²) in [4.78, 5) is 12.5. The summed E-state index contributed by atoms with van der Waals surface area (Å²) in [5.41, 5.74) is 9.16. The van der Waals surface area contributed by atoms with E-state index < -0.39 is 18.1 Å². The van der Waals surface area contributed by atoms with Gasteiger partial charge in [-0.15, -0.1) is 0 Å². The maximum absolute atomic E-state index is 12.5. The van der Waals surface area contributed by atoms with Gasteiger partial charge in [0, 0.05) is 17.0 Å². The standard InChI is InChI=1S/C21H29NO3/c1-20-8-7-16-14(15(20)5-6-19(20)22)4-3-12-9-13(24)10-17(18(25)11-23)21(12,16)2/h7,9-10,13-15,19,23-24H,3-6,8,11,22H2,1-2H3/t13?,14-,15-,19?,20-,21-/m0/s1. The van der Waals surface area contributed by atoms with Crippen LogP contribution in [0.1, 0.15) is 46.0 Å². The number of carbonyl (C=O) groups excluding carboxylic acids is 1. The van der Waals surface area contributed by atoms with Gasteiger partial charge < -0.3 is 15.9 Å². The van der Waals surface area contributed by atoms with Crippen molar-refractivity contribution in [1.82, 2.24) is 0 Å². The highest BCUT2D eigenvalue weighted by Crippen LogP contribution is 2.63. The van der Waals surface area contributed by atoms with Crippen LogP contribution in [0.25, 0.3) is 0 Å². The van der Waals surface area contributed by atoms with Crippen molar-refractivity contribution in [3.8, 4) is 0 Å². The molecule has 0 aromatic carbocycles. The smallest absolute Gasteiger partial charge is 0.185 e. The number of ketones is 1. The van der Waals surface area contributed by atoms with Gasteiger partial charge in [0.1, 0.15) is 6.61 Å². The van der Waals surface area contributed by atoms with Crippen LogP contribution in [-0.4, -0.2) is 34.7 Å². The van der Waals surface area contributed by atoms with Gasteiger partial charge in [-0.25, -0.2) is 0 Å². The lowest BCUT2D eigenvalue weighted by molar-refractivity contribution is -0.119. The minimum atomic E-state index is -0.737. The molecule has 0 bridgehead atoms. The molecular formula is C21H29NO3. The van der Waals surface area contributed by atoms with E-state index >= 15 is 0 Å². The molecule has 25 heavy (non-hydrogen) atoms.